The predicted molar refractivity (Wildman–Crippen MR) is 72.2 cm³/mol. The Kier molecular flexibility index (Phi) is 4.49. The van der Waals surface area contributed by atoms with E-state index in [9.17, 15) is 4.79 Å². The lowest BCUT2D eigenvalue weighted by atomic mass is 9.97. The molecule has 98 valence electrons. The van der Waals surface area contributed by atoms with Gasteiger partial charge in [0.05, 0.1) is 10.0 Å². The van der Waals surface area contributed by atoms with Crippen LogP contribution in [-0.4, -0.2) is 35.6 Å². The van der Waals surface area contributed by atoms with Gasteiger partial charge in [-0.25, -0.2) is 0 Å². The molecule has 1 fully saturated rings. The molecule has 1 aromatic rings. The van der Waals surface area contributed by atoms with E-state index in [1.807, 2.05) is 0 Å². The van der Waals surface area contributed by atoms with Gasteiger partial charge in [0, 0.05) is 25.3 Å². The molecule has 0 unspecified atom stereocenters. The first-order valence-corrected chi connectivity index (χ1v) is 6.72. The zero-order chi connectivity index (χ0) is 13.1. The van der Waals surface area contributed by atoms with E-state index < -0.39 is 0 Å². The summed E-state index contributed by atoms with van der Waals surface area (Å²) in [6.45, 7) is 1.57. The minimum absolute atomic E-state index is 0.0232. The average molecular weight is 288 g/mol. The minimum Gasteiger partial charge on any atom is -0.396 e. The van der Waals surface area contributed by atoms with Crippen molar-refractivity contribution >= 4 is 29.1 Å². The maximum absolute atomic E-state index is 12.2. The fourth-order valence-electron chi connectivity index (χ4n) is 2.13. The van der Waals surface area contributed by atoms with Gasteiger partial charge in [-0.05, 0) is 37.0 Å². The molecule has 18 heavy (non-hydrogen) atoms. The Morgan fingerprint density at radius 3 is 2.50 bits per heavy atom. The number of piperidine rings is 1. The maximum atomic E-state index is 12.2. The van der Waals surface area contributed by atoms with Gasteiger partial charge >= 0.3 is 0 Å². The van der Waals surface area contributed by atoms with E-state index in [1.165, 1.54) is 0 Å². The normalized spacial score (nSPS) is 16.9. The summed E-state index contributed by atoms with van der Waals surface area (Å²) in [6, 6.07) is 4.93. The van der Waals surface area contributed by atoms with Crippen molar-refractivity contribution < 1.29 is 9.90 Å². The van der Waals surface area contributed by atoms with Crippen molar-refractivity contribution in [1.29, 1.82) is 0 Å². The van der Waals surface area contributed by atoms with Crippen LogP contribution in [0.4, 0.5) is 0 Å². The number of likely N-dealkylation sites (tertiary alicyclic amines) is 1. The maximum Gasteiger partial charge on any atom is 0.253 e. The standard InChI is InChI=1S/C13H15Cl2NO2/c14-11-2-1-10(7-12(11)15)13(18)16-5-3-9(8-17)4-6-16/h1-2,7,9,17H,3-6,8H2. The fraction of sp³-hybridized carbons (Fsp3) is 0.462. The molecule has 1 aromatic carbocycles. The number of hydrogen-bond acceptors (Lipinski definition) is 2. The van der Waals surface area contributed by atoms with Crippen molar-refractivity contribution in [1.82, 2.24) is 4.90 Å². The van der Waals surface area contributed by atoms with E-state index in [4.69, 9.17) is 28.3 Å². The van der Waals surface area contributed by atoms with Gasteiger partial charge < -0.3 is 10.0 Å². The Bertz CT molecular complexity index is 443. The van der Waals surface area contributed by atoms with Crippen LogP contribution in [0.3, 0.4) is 0 Å². The van der Waals surface area contributed by atoms with Crippen LogP contribution in [-0.2, 0) is 0 Å². The molecule has 0 radical (unpaired) electrons. The summed E-state index contributed by atoms with van der Waals surface area (Å²) < 4.78 is 0. The summed E-state index contributed by atoms with van der Waals surface area (Å²) in [5, 5.41) is 9.91. The zero-order valence-electron chi connectivity index (χ0n) is 9.90. The monoisotopic (exact) mass is 287 g/mol. The second-order valence-corrected chi connectivity index (χ2v) is 5.36. The molecule has 0 saturated carbocycles. The van der Waals surface area contributed by atoms with E-state index in [0.717, 1.165) is 12.8 Å². The van der Waals surface area contributed by atoms with Crippen molar-refractivity contribution in [2.45, 2.75) is 12.8 Å². The quantitative estimate of drug-likeness (QED) is 0.909. The van der Waals surface area contributed by atoms with Crippen molar-refractivity contribution in [3.63, 3.8) is 0 Å². The van der Waals surface area contributed by atoms with Crippen LogP contribution in [0.2, 0.25) is 10.0 Å². The van der Waals surface area contributed by atoms with Gasteiger partial charge in [0.2, 0.25) is 0 Å². The number of benzene rings is 1. The molecule has 1 amide bonds. The first kappa shape index (κ1) is 13.7. The summed E-state index contributed by atoms with van der Waals surface area (Å²) in [5.41, 5.74) is 0.562. The topological polar surface area (TPSA) is 40.5 Å². The molecule has 3 nitrogen and oxygen atoms in total. The molecule has 1 aliphatic rings. The van der Waals surface area contributed by atoms with E-state index in [-0.39, 0.29) is 12.5 Å². The summed E-state index contributed by atoms with van der Waals surface area (Å²) in [7, 11) is 0. The van der Waals surface area contributed by atoms with Crippen LogP contribution < -0.4 is 0 Å². The van der Waals surface area contributed by atoms with Crippen molar-refractivity contribution in [2.75, 3.05) is 19.7 Å². The third-order valence-electron chi connectivity index (χ3n) is 3.33. The number of amides is 1. The highest BCUT2D eigenvalue weighted by Gasteiger charge is 2.23. The minimum atomic E-state index is -0.0232. The fourth-order valence-corrected chi connectivity index (χ4v) is 2.43. The average Bonchev–Trinajstić information content (AvgIpc) is 2.41. The van der Waals surface area contributed by atoms with Crippen molar-refractivity contribution in [3.05, 3.63) is 33.8 Å². The molecule has 0 atom stereocenters. The largest absolute Gasteiger partial charge is 0.396 e. The summed E-state index contributed by atoms with van der Waals surface area (Å²) in [5.74, 6) is 0.299. The second kappa shape index (κ2) is 5.91. The molecule has 0 spiro atoms. The molecule has 0 aromatic heterocycles. The van der Waals surface area contributed by atoms with E-state index in [0.29, 0.717) is 34.6 Å². The highest BCUT2D eigenvalue weighted by Crippen LogP contribution is 2.24. The number of halogens is 2. The lowest BCUT2D eigenvalue weighted by Crippen LogP contribution is -2.39. The van der Waals surface area contributed by atoms with Crippen LogP contribution in [0.1, 0.15) is 23.2 Å². The Labute approximate surface area is 116 Å². The van der Waals surface area contributed by atoms with Gasteiger partial charge in [-0.2, -0.15) is 0 Å². The highest BCUT2D eigenvalue weighted by atomic mass is 35.5. The van der Waals surface area contributed by atoms with E-state index in [1.54, 1.807) is 23.1 Å². The van der Waals surface area contributed by atoms with Gasteiger partial charge in [-0.3, -0.25) is 4.79 Å². The van der Waals surface area contributed by atoms with Gasteiger partial charge in [0.15, 0.2) is 0 Å². The lowest BCUT2D eigenvalue weighted by Gasteiger charge is -2.31. The molecule has 0 bridgehead atoms. The van der Waals surface area contributed by atoms with Crippen LogP contribution in [0.5, 0.6) is 0 Å². The number of rotatable bonds is 2. The third-order valence-corrected chi connectivity index (χ3v) is 4.07. The molecule has 1 heterocycles. The van der Waals surface area contributed by atoms with Gasteiger partial charge in [0.25, 0.3) is 5.91 Å². The number of aliphatic hydroxyl groups is 1. The highest BCUT2D eigenvalue weighted by molar-refractivity contribution is 6.42. The molecule has 1 N–H and O–H groups in total. The Morgan fingerprint density at radius 1 is 1.28 bits per heavy atom. The van der Waals surface area contributed by atoms with Crippen LogP contribution in [0.15, 0.2) is 18.2 Å². The van der Waals surface area contributed by atoms with E-state index in [2.05, 4.69) is 0 Å². The number of nitrogens with zero attached hydrogens (tertiary/aromatic N) is 1. The van der Waals surface area contributed by atoms with Crippen LogP contribution in [0.25, 0.3) is 0 Å². The summed E-state index contributed by atoms with van der Waals surface area (Å²) in [4.78, 5) is 14.0. The summed E-state index contributed by atoms with van der Waals surface area (Å²) >= 11 is 11.7. The Hall–Kier alpha value is -0.770. The van der Waals surface area contributed by atoms with Gasteiger partial charge in [-0.15, -0.1) is 0 Å². The summed E-state index contributed by atoms with van der Waals surface area (Å²) in [6.07, 6.45) is 1.70. The number of aliphatic hydroxyl groups excluding tert-OH is 1. The predicted octanol–water partition coefficient (Wildman–Crippen LogP) is 2.84. The van der Waals surface area contributed by atoms with Crippen molar-refractivity contribution in [2.24, 2.45) is 5.92 Å². The van der Waals surface area contributed by atoms with Crippen LogP contribution in [0, 0.1) is 5.92 Å². The number of carbonyl (C=O) groups is 1. The van der Waals surface area contributed by atoms with Gasteiger partial charge in [0.1, 0.15) is 0 Å². The Balaban J connectivity index is 2.05. The molecule has 1 saturated heterocycles. The third kappa shape index (κ3) is 2.97. The molecular formula is C13H15Cl2NO2. The smallest absolute Gasteiger partial charge is 0.253 e. The lowest BCUT2D eigenvalue weighted by molar-refractivity contribution is 0.0651. The van der Waals surface area contributed by atoms with Gasteiger partial charge in [-0.1, -0.05) is 23.2 Å². The number of carbonyl (C=O) groups excluding carboxylic acids is 1. The zero-order valence-corrected chi connectivity index (χ0v) is 11.4. The first-order valence-electron chi connectivity index (χ1n) is 5.97. The second-order valence-electron chi connectivity index (χ2n) is 4.55. The van der Waals surface area contributed by atoms with E-state index >= 15 is 0 Å². The SMILES string of the molecule is O=C(c1ccc(Cl)c(Cl)c1)N1CCC(CO)CC1. The molecule has 5 heteroatoms. The molecule has 0 aliphatic carbocycles. The van der Waals surface area contributed by atoms with Crippen LogP contribution >= 0.6 is 23.2 Å². The Morgan fingerprint density at radius 2 is 1.94 bits per heavy atom. The first-order chi connectivity index (χ1) is 8.61. The molecular weight excluding hydrogens is 273 g/mol. The molecule has 2 rings (SSSR count). The van der Waals surface area contributed by atoms with Crippen molar-refractivity contribution in [3.8, 4) is 0 Å². The number of hydrogen-bond donors (Lipinski definition) is 1. The molecule has 1 aliphatic heterocycles.